The third-order valence-electron chi connectivity index (χ3n) is 2.44. The van der Waals surface area contributed by atoms with E-state index in [1.165, 1.54) is 14.3 Å². The van der Waals surface area contributed by atoms with Gasteiger partial charge in [0.25, 0.3) is 0 Å². The number of hydrogen-bond acceptors (Lipinski definition) is 2. The summed E-state index contributed by atoms with van der Waals surface area (Å²) in [4.78, 5) is 11.9. The van der Waals surface area contributed by atoms with E-state index in [9.17, 15) is 4.79 Å². The fraction of sp³-hybridized carbons (Fsp3) is 0. The molecule has 0 N–H and O–H groups in total. The molecule has 0 amide bonds. The van der Waals surface area contributed by atoms with Crippen LogP contribution in [0.25, 0.3) is 19.6 Å². The van der Waals surface area contributed by atoms with Gasteiger partial charge in [-0.05, 0) is 0 Å². The van der Waals surface area contributed by atoms with Crippen molar-refractivity contribution in [2.75, 3.05) is 0 Å². The molecular formula is C13H8OSSe. The van der Waals surface area contributed by atoms with Gasteiger partial charge >= 0.3 is 103 Å². The number of hydrogen-bond donors (Lipinski definition) is 0. The van der Waals surface area contributed by atoms with Crippen LogP contribution in [-0.4, -0.2) is 14.5 Å². The fourth-order valence-electron chi connectivity index (χ4n) is 1.65. The molecule has 16 heavy (non-hydrogen) atoms. The van der Waals surface area contributed by atoms with E-state index in [4.69, 9.17) is 0 Å². The minimum absolute atomic E-state index is 0.143. The summed E-state index contributed by atoms with van der Waals surface area (Å²) in [5.74, 6) is 0. The quantitative estimate of drug-likeness (QED) is 0.630. The summed E-state index contributed by atoms with van der Waals surface area (Å²) in [6.07, 6.45) is 0. The Morgan fingerprint density at radius 2 is 2.00 bits per heavy atom. The van der Waals surface area contributed by atoms with E-state index in [0.29, 0.717) is 0 Å². The van der Waals surface area contributed by atoms with Gasteiger partial charge in [-0.2, -0.15) is 0 Å². The van der Waals surface area contributed by atoms with E-state index < -0.39 is 0 Å². The first-order valence-electron chi connectivity index (χ1n) is 4.90. The maximum absolute atomic E-state index is 11.9. The number of rotatable bonds is 1. The van der Waals surface area contributed by atoms with Crippen LogP contribution in [0.2, 0.25) is 0 Å². The van der Waals surface area contributed by atoms with Gasteiger partial charge in [0.15, 0.2) is 0 Å². The van der Waals surface area contributed by atoms with E-state index in [2.05, 4.69) is 22.9 Å². The molecule has 2 aromatic heterocycles. The molecule has 3 rings (SSSR count). The molecule has 0 bridgehead atoms. The average Bonchev–Trinajstić information content (AvgIpc) is 2.82. The zero-order valence-corrected chi connectivity index (χ0v) is 10.9. The molecule has 78 valence electrons. The molecule has 3 aromatic rings. The second-order valence-electron chi connectivity index (χ2n) is 3.48. The van der Waals surface area contributed by atoms with Gasteiger partial charge in [-0.25, -0.2) is 0 Å². The zero-order chi connectivity index (χ0) is 11.0. The predicted molar refractivity (Wildman–Crippen MR) is 70.5 cm³/mol. The third-order valence-corrected chi connectivity index (χ3v) is 5.54. The van der Waals surface area contributed by atoms with E-state index in [1.54, 1.807) is 17.4 Å². The summed E-state index contributed by atoms with van der Waals surface area (Å²) in [6.45, 7) is 0. The van der Waals surface area contributed by atoms with Gasteiger partial charge in [0.2, 0.25) is 0 Å². The van der Waals surface area contributed by atoms with Crippen LogP contribution in [0.5, 0.6) is 0 Å². The first-order valence-corrected chi connectivity index (χ1v) is 7.56. The SMILES string of the molecule is O=c1cc(-c2ccsc2)[se]c2ccccc12. The molecule has 0 spiro atoms. The fourth-order valence-corrected chi connectivity index (χ4v) is 4.73. The molecule has 0 atom stereocenters. The van der Waals surface area contributed by atoms with Crippen LogP contribution in [0.4, 0.5) is 0 Å². The summed E-state index contributed by atoms with van der Waals surface area (Å²) in [5, 5.41) is 5.04. The van der Waals surface area contributed by atoms with Crippen molar-refractivity contribution in [3.8, 4) is 10.0 Å². The van der Waals surface area contributed by atoms with Gasteiger partial charge in [0, 0.05) is 0 Å². The van der Waals surface area contributed by atoms with Crippen molar-refractivity contribution in [2.24, 2.45) is 0 Å². The van der Waals surface area contributed by atoms with Crippen molar-refractivity contribution >= 4 is 35.5 Å². The van der Waals surface area contributed by atoms with Gasteiger partial charge in [-0.1, -0.05) is 0 Å². The Kier molecular flexibility index (Phi) is 2.52. The molecule has 0 aliphatic carbocycles. The van der Waals surface area contributed by atoms with Gasteiger partial charge in [0.1, 0.15) is 0 Å². The number of thiophene rings is 1. The van der Waals surface area contributed by atoms with Crippen LogP contribution >= 0.6 is 11.3 Å². The Balaban J connectivity index is 2.34. The van der Waals surface area contributed by atoms with Crippen LogP contribution in [0.1, 0.15) is 0 Å². The van der Waals surface area contributed by atoms with Crippen molar-refractivity contribution in [2.45, 2.75) is 0 Å². The molecule has 0 unspecified atom stereocenters. The molecular weight excluding hydrogens is 283 g/mol. The van der Waals surface area contributed by atoms with Crippen molar-refractivity contribution in [1.82, 2.24) is 0 Å². The van der Waals surface area contributed by atoms with Crippen LogP contribution in [-0.2, 0) is 0 Å². The Morgan fingerprint density at radius 3 is 2.81 bits per heavy atom. The molecule has 2 heterocycles. The summed E-state index contributed by atoms with van der Waals surface area (Å²) in [5.41, 5.74) is 1.35. The van der Waals surface area contributed by atoms with Crippen molar-refractivity contribution < 1.29 is 0 Å². The first-order chi connectivity index (χ1) is 7.84. The Morgan fingerprint density at radius 1 is 1.12 bits per heavy atom. The second-order valence-corrected chi connectivity index (χ2v) is 6.54. The Bertz CT molecular complexity index is 682. The average molecular weight is 291 g/mol. The van der Waals surface area contributed by atoms with E-state index in [-0.39, 0.29) is 19.9 Å². The third kappa shape index (κ3) is 1.67. The molecule has 0 radical (unpaired) electrons. The maximum atomic E-state index is 11.9. The van der Waals surface area contributed by atoms with E-state index in [1.807, 2.05) is 18.2 Å². The molecule has 1 nitrogen and oxygen atoms in total. The monoisotopic (exact) mass is 292 g/mol. The van der Waals surface area contributed by atoms with Crippen LogP contribution in [0, 0.1) is 0 Å². The summed E-state index contributed by atoms with van der Waals surface area (Å²) < 4.78 is 2.39. The summed E-state index contributed by atoms with van der Waals surface area (Å²) in [6, 6.07) is 11.8. The Labute approximate surface area is 103 Å². The number of fused-ring (bicyclic) bond motifs is 1. The minimum atomic E-state index is 0.143. The zero-order valence-electron chi connectivity index (χ0n) is 8.34. The number of benzene rings is 1. The molecule has 0 fully saturated rings. The van der Waals surface area contributed by atoms with E-state index in [0.717, 1.165) is 5.39 Å². The van der Waals surface area contributed by atoms with Crippen molar-refractivity contribution in [3.63, 3.8) is 0 Å². The molecule has 0 aliphatic heterocycles. The Hall–Kier alpha value is -1.15. The molecule has 0 aliphatic rings. The molecule has 0 saturated heterocycles. The van der Waals surface area contributed by atoms with Gasteiger partial charge in [-0.15, -0.1) is 0 Å². The van der Waals surface area contributed by atoms with E-state index >= 15 is 0 Å². The predicted octanol–water partition coefficient (Wildman–Crippen LogP) is 2.99. The normalized spacial score (nSPS) is 10.8. The van der Waals surface area contributed by atoms with Crippen molar-refractivity contribution in [3.05, 3.63) is 57.4 Å². The first kappa shape index (κ1) is 10.0. The van der Waals surface area contributed by atoms with Crippen LogP contribution < -0.4 is 5.43 Å². The van der Waals surface area contributed by atoms with Gasteiger partial charge < -0.3 is 0 Å². The summed E-state index contributed by atoms with van der Waals surface area (Å²) in [7, 11) is 0. The van der Waals surface area contributed by atoms with Crippen molar-refractivity contribution in [1.29, 1.82) is 0 Å². The summed E-state index contributed by atoms with van der Waals surface area (Å²) >= 11 is 1.93. The standard InChI is InChI=1S/C13H8OSSe/c14-11-7-13(9-5-6-15-8-9)16-12-4-2-1-3-10(11)12/h1-8H. The molecule has 1 aromatic carbocycles. The molecule has 3 heteroatoms. The molecule has 0 saturated carbocycles. The topological polar surface area (TPSA) is 17.1 Å². The van der Waals surface area contributed by atoms with Crippen LogP contribution in [0.15, 0.2) is 52.0 Å². The van der Waals surface area contributed by atoms with Gasteiger partial charge in [-0.3, -0.25) is 0 Å². The van der Waals surface area contributed by atoms with Gasteiger partial charge in [0.05, 0.1) is 0 Å². The second kappa shape index (κ2) is 4.02. The van der Waals surface area contributed by atoms with Crippen LogP contribution in [0.3, 0.4) is 0 Å².